The van der Waals surface area contributed by atoms with Crippen LogP contribution in [0.1, 0.15) is 16.7 Å². The second kappa shape index (κ2) is 6.25. The van der Waals surface area contributed by atoms with Crippen LogP contribution in [-0.4, -0.2) is 11.4 Å². The molecule has 0 amide bonds. The lowest BCUT2D eigenvalue weighted by molar-refractivity contribution is 0.305. The molecule has 0 unspecified atom stereocenters. The molecule has 0 saturated heterocycles. The molecular weight excluding hydrogens is 262 g/mol. The summed E-state index contributed by atoms with van der Waals surface area (Å²) in [6.45, 7) is 2.51. The number of halogens is 1. The predicted octanol–water partition coefficient (Wildman–Crippen LogP) is 4.04. The molecule has 0 aliphatic heterocycles. The number of hydrogen-bond acceptors (Lipinski definition) is 3. The van der Waals surface area contributed by atoms with E-state index in [1.165, 1.54) is 11.8 Å². The fourth-order valence-electron chi connectivity index (χ4n) is 1.71. The molecule has 1 N–H and O–H groups in total. The highest BCUT2D eigenvalue weighted by Gasteiger charge is 2.04. The largest absolute Gasteiger partial charge is 0.487 e. The van der Waals surface area contributed by atoms with Crippen LogP contribution in [0.2, 0.25) is 5.02 Å². The van der Waals surface area contributed by atoms with Gasteiger partial charge in [-0.15, -0.1) is 0 Å². The van der Waals surface area contributed by atoms with Gasteiger partial charge in [-0.1, -0.05) is 41.0 Å². The number of rotatable bonds is 4. The predicted molar refractivity (Wildman–Crippen MR) is 76.3 cm³/mol. The first-order chi connectivity index (χ1) is 9.20. The van der Waals surface area contributed by atoms with Crippen LogP contribution in [0.15, 0.2) is 47.6 Å². The number of aryl methyl sites for hydroxylation is 1. The minimum absolute atomic E-state index is 0.472. The van der Waals surface area contributed by atoms with E-state index in [9.17, 15) is 0 Å². The van der Waals surface area contributed by atoms with Gasteiger partial charge in [0.15, 0.2) is 0 Å². The summed E-state index contributed by atoms with van der Waals surface area (Å²) in [6.07, 6.45) is 1.32. The second-order valence-corrected chi connectivity index (χ2v) is 4.56. The fraction of sp³-hybridized carbons (Fsp3) is 0.133. The third kappa shape index (κ3) is 3.48. The summed E-state index contributed by atoms with van der Waals surface area (Å²) in [5, 5.41) is 11.9. The van der Waals surface area contributed by atoms with E-state index in [-0.39, 0.29) is 0 Å². The Kier molecular flexibility index (Phi) is 4.42. The molecule has 0 atom stereocenters. The molecule has 0 heterocycles. The van der Waals surface area contributed by atoms with Gasteiger partial charge in [0, 0.05) is 0 Å². The Morgan fingerprint density at radius 3 is 2.74 bits per heavy atom. The van der Waals surface area contributed by atoms with Gasteiger partial charge in [0.1, 0.15) is 12.4 Å². The Morgan fingerprint density at radius 1 is 1.26 bits per heavy atom. The minimum Gasteiger partial charge on any atom is -0.487 e. The quantitative estimate of drug-likeness (QED) is 0.520. The van der Waals surface area contributed by atoms with E-state index in [1.807, 2.05) is 31.2 Å². The van der Waals surface area contributed by atoms with Gasteiger partial charge in [-0.2, -0.15) is 0 Å². The van der Waals surface area contributed by atoms with Gasteiger partial charge < -0.3 is 9.94 Å². The maximum Gasteiger partial charge on any atom is 0.138 e. The second-order valence-electron chi connectivity index (χ2n) is 4.15. The first kappa shape index (κ1) is 13.4. The summed E-state index contributed by atoms with van der Waals surface area (Å²) in [7, 11) is 0. The molecule has 3 nitrogen and oxygen atoms in total. The zero-order valence-corrected chi connectivity index (χ0v) is 11.3. The number of benzene rings is 2. The summed E-state index contributed by atoms with van der Waals surface area (Å²) < 4.78 is 5.70. The Bertz CT molecular complexity index is 596. The van der Waals surface area contributed by atoms with Crippen molar-refractivity contribution in [1.29, 1.82) is 0 Å². The van der Waals surface area contributed by atoms with E-state index in [0.29, 0.717) is 17.4 Å². The SMILES string of the molecule is Cc1ccccc1COc1ccc(/C=N/O)cc1Cl. The number of oxime groups is 1. The average Bonchev–Trinajstić information content (AvgIpc) is 2.40. The van der Waals surface area contributed by atoms with E-state index in [2.05, 4.69) is 5.16 Å². The third-order valence-corrected chi connectivity index (χ3v) is 3.10. The minimum atomic E-state index is 0.472. The molecule has 0 radical (unpaired) electrons. The highest BCUT2D eigenvalue weighted by atomic mass is 35.5. The van der Waals surface area contributed by atoms with Crippen molar-refractivity contribution in [2.45, 2.75) is 13.5 Å². The van der Waals surface area contributed by atoms with Crippen LogP contribution in [0, 0.1) is 6.92 Å². The van der Waals surface area contributed by atoms with E-state index in [4.69, 9.17) is 21.5 Å². The Morgan fingerprint density at radius 2 is 2.05 bits per heavy atom. The van der Waals surface area contributed by atoms with E-state index >= 15 is 0 Å². The van der Waals surface area contributed by atoms with Crippen molar-refractivity contribution in [3.63, 3.8) is 0 Å². The molecule has 0 saturated carbocycles. The summed E-state index contributed by atoms with van der Waals surface area (Å²) in [6, 6.07) is 13.3. The van der Waals surface area contributed by atoms with Crippen LogP contribution < -0.4 is 4.74 Å². The van der Waals surface area contributed by atoms with E-state index in [1.54, 1.807) is 18.2 Å². The summed E-state index contributed by atoms with van der Waals surface area (Å²) in [5.74, 6) is 0.611. The molecule has 0 spiro atoms. The highest BCUT2D eigenvalue weighted by Crippen LogP contribution is 2.26. The Balaban J connectivity index is 2.10. The molecule has 98 valence electrons. The van der Waals surface area contributed by atoms with Crippen LogP contribution in [0.3, 0.4) is 0 Å². The van der Waals surface area contributed by atoms with Gasteiger partial charge in [-0.05, 0) is 41.8 Å². The lowest BCUT2D eigenvalue weighted by Gasteiger charge is -2.10. The molecule has 0 fully saturated rings. The van der Waals surface area contributed by atoms with Crippen molar-refractivity contribution in [3.05, 3.63) is 64.2 Å². The summed E-state index contributed by atoms with van der Waals surface area (Å²) >= 11 is 6.10. The van der Waals surface area contributed by atoms with Crippen molar-refractivity contribution < 1.29 is 9.94 Å². The normalized spacial score (nSPS) is 10.8. The van der Waals surface area contributed by atoms with Crippen molar-refractivity contribution in [3.8, 4) is 5.75 Å². The molecule has 0 aromatic heterocycles. The van der Waals surface area contributed by atoms with E-state index < -0.39 is 0 Å². The fourth-order valence-corrected chi connectivity index (χ4v) is 1.95. The zero-order valence-electron chi connectivity index (χ0n) is 10.5. The molecule has 2 aromatic rings. The van der Waals surface area contributed by atoms with Gasteiger partial charge in [0.2, 0.25) is 0 Å². The molecular formula is C15H14ClNO2. The van der Waals surface area contributed by atoms with Gasteiger partial charge in [0.25, 0.3) is 0 Å². The van der Waals surface area contributed by atoms with Crippen molar-refractivity contribution in [2.24, 2.45) is 5.16 Å². The maximum atomic E-state index is 8.46. The molecule has 19 heavy (non-hydrogen) atoms. The first-order valence-corrected chi connectivity index (χ1v) is 6.23. The van der Waals surface area contributed by atoms with Gasteiger partial charge in [-0.25, -0.2) is 0 Å². The molecule has 2 aromatic carbocycles. The standard InChI is InChI=1S/C15H14ClNO2/c1-11-4-2-3-5-13(11)10-19-15-7-6-12(9-17-18)8-14(15)16/h2-9,18H,10H2,1H3/b17-9+. The van der Waals surface area contributed by atoms with Crippen molar-refractivity contribution >= 4 is 17.8 Å². The number of hydrogen-bond donors (Lipinski definition) is 1. The third-order valence-electron chi connectivity index (χ3n) is 2.81. The maximum absolute atomic E-state index is 8.46. The Hall–Kier alpha value is -2.00. The zero-order chi connectivity index (χ0) is 13.7. The van der Waals surface area contributed by atoms with Gasteiger partial charge in [-0.3, -0.25) is 0 Å². The molecule has 0 bridgehead atoms. The number of ether oxygens (including phenoxy) is 1. The first-order valence-electron chi connectivity index (χ1n) is 5.85. The van der Waals surface area contributed by atoms with Crippen LogP contribution >= 0.6 is 11.6 Å². The van der Waals surface area contributed by atoms with Gasteiger partial charge in [0.05, 0.1) is 11.2 Å². The van der Waals surface area contributed by atoms with Crippen molar-refractivity contribution in [2.75, 3.05) is 0 Å². The van der Waals surface area contributed by atoms with Crippen LogP contribution in [0.5, 0.6) is 5.75 Å². The smallest absolute Gasteiger partial charge is 0.138 e. The lowest BCUT2D eigenvalue weighted by atomic mass is 10.1. The van der Waals surface area contributed by atoms with Gasteiger partial charge >= 0.3 is 0 Å². The topological polar surface area (TPSA) is 41.8 Å². The average molecular weight is 276 g/mol. The molecule has 2 rings (SSSR count). The van der Waals surface area contributed by atoms with Crippen LogP contribution in [0.25, 0.3) is 0 Å². The molecule has 0 aliphatic rings. The highest BCUT2D eigenvalue weighted by molar-refractivity contribution is 6.32. The van der Waals surface area contributed by atoms with Crippen molar-refractivity contribution in [1.82, 2.24) is 0 Å². The number of nitrogens with zero attached hydrogens (tertiary/aromatic N) is 1. The lowest BCUT2D eigenvalue weighted by Crippen LogP contribution is -1.98. The summed E-state index contributed by atoms with van der Waals surface area (Å²) in [5.41, 5.74) is 3.03. The monoisotopic (exact) mass is 275 g/mol. The Labute approximate surface area is 117 Å². The van der Waals surface area contributed by atoms with Crippen LogP contribution in [0.4, 0.5) is 0 Å². The molecule has 0 aliphatic carbocycles. The summed E-state index contributed by atoms with van der Waals surface area (Å²) in [4.78, 5) is 0. The van der Waals surface area contributed by atoms with Crippen LogP contribution in [-0.2, 0) is 6.61 Å². The molecule has 4 heteroatoms. The van der Waals surface area contributed by atoms with E-state index in [0.717, 1.165) is 11.1 Å².